The molecule has 0 saturated heterocycles. The molecule has 0 aromatic heterocycles. The SMILES string of the molecule is COC1c2ccccc2C(C)[C@@H]1C. The molecule has 1 nitrogen and oxygen atoms in total. The van der Waals surface area contributed by atoms with Crippen molar-refractivity contribution in [2.45, 2.75) is 25.9 Å². The Labute approximate surface area is 79.7 Å². The summed E-state index contributed by atoms with van der Waals surface area (Å²) in [4.78, 5) is 0. The second kappa shape index (κ2) is 3.15. The van der Waals surface area contributed by atoms with Gasteiger partial charge in [-0.2, -0.15) is 0 Å². The molecule has 0 N–H and O–H groups in total. The number of ether oxygens (including phenoxy) is 1. The maximum Gasteiger partial charge on any atom is 0.0855 e. The number of benzene rings is 1. The minimum Gasteiger partial charge on any atom is -0.376 e. The zero-order chi connectivity index (χ0) is 9.42. The Morgan fingerprint density at radius 1 is 1.08 bits per heavy atom. The van der Waals surface area contributed by atoms with Gasteiger partial charge in [0, 0.05) is 7.11 Å². The summed E-state index contributed by atoms with van der Waals surface area (Å²) >= 11 is 0. The number of methoxy groups -OCH3 is 1. The molecular formula is C12H16O. The van der Waals surface area contributed by atoms with E-state index >= 15 is 0 Å². The van der Waals surface area contributed by atoms with Crippen molar-refractivity contribution in [1.82, 2.24) is 0 Å². The molecule has 1 heteroatoms. The molecule has 0 amide bonds. The third kappa shape index (κ3) is 1.19. The molecule has 0 saturated carbocycles. The van der Waals surface area contributed by atoms with Gasteiger partial charge < -0.3 is 4.74 Å². The number of rotatable bonds is 1. The smallest absolute Gasteiger partial charge is 0.0855 e. The van der Waals surface area contributed by atoms with E-state index in [2.05, 4.69) is 38.1 Å². The molecular weight excluding hydrogens is 160 g/mol. The van der Waals surface area contributed by atoms with Crippen LogP contribution in [-0.4, -0.2) is 7.11 Å². The van der Waals surface area contributed by atoms with Crippen LogP contribution in [0.15, 0.2) is 24.3 Å². The van der Waals surface area contributed by atoms with E-state index in [-0.39, 0.29) is 0 Å². The maximum absolute atomic E-state index is 5.52. The molecule has 70 valence electrons. The van der Waals surface area contributed by atoms with Gasteiger partial charge in [-0.25, -0.2) is 0 Å². The Morgan fingerprint density at radius 2 is 1.69 bits per heavy atom. The molecule has 1 aliphatic rings. The van der Waals surface area contributed by atoms with Crippen molar-refractivity contribution in [1.29, 1.82) is 0 Å². The number of fused-ring (bicyclic) bond motifs is 1. The summed E-state index contributed by atoms with van der Waals surface area (Å²) in [5, 5.41) is 0. The molecule has 1 aromatic carbocycles. The molecule has 0 radical (unpaired) electrons. The molecule has 3 atom stereocenters. The Balaban J connectivity index is 2.47. The Hall–Kier alpha value is -0.820. The van der Waals surface area contributed by atoms with E-state index in [0.717, 1.165) is 0 Å². The summed E-state index contributed by atoms with van der Waals surface area (Å²) in [6, 6.07) is 8.61. The molecule has 2 rings (SSSR count). The van der Waals surface area contributed by atoms with Crippen LogP contribution in [0.1, 0.15) is 37.0 Å². The Kier molecular flexibility index (Phi) is 2.12. The van der Waals surface area contributed by atoms with Crippen LogP contribution in [0.4, 0.5) is 0 Å². The monoisotopic (exact) mass is 176 g/mol. The van der Waals surface area contributed by atoms with Crippen molar-refractivity contribution in [3.05, 3.63) is 35.4 Å². The summed E-state index contributed by atoms with van der Waals surface area (Å²) < 4.78 is 5.52. The third-order valence-corrected chi connectivity index (χ3v) is 3.31. The number of hydrogen-bond acceptors (Lipinski definition) is 1. The van der Waals surface area contributed by atoms with E-state index < -0.39 is 0 Å². The predicted molar refractivity (Wildman–Crippen MR) is 53.8 cm³/mol. The van der Waals surface area contributed by atoms with E-state index in [1.165, 1.54) is 11.1 Å². The summed E-state index contributed by atoms with van der Waals surface area (Å²) in [6.45, 7) is 4.54. The first-order valence-electron chi connectivity index (χ1n) is 4.87. The first kappa shape index (κ1) is 8.76. The highest BCUT2D eigenvalue weighted by Crippen LogP contribution is 2.45. The Bertz CT molecular complexity index is 306. The first-order valence-corrected chi connectivity index (χ1v) is 4.87. The highest BCUT2D eigenvalue weighted by Gasteiger charge is 2.34. The summed E-state index contributed by atoms with van der Waals surface area (Å²) in [5.74, 6) is 1.23. The normalized spacial score (nSPS) is 31.8. The fraction of sp³-hybridized carbons (Fsp3) is 0.500. The van der Waals surface area contributed by atoms with Gasteiger partial charge in [-0.15, -0.1) is 0 Å². The van der Waals surface area contributed by atoms with Crippen molar-refractivity contribution in [3.8, 4) is 0 Å². The van der Waals surface area contributed by atoms with Crippen molar-refractivity contribution in [2.24, 2.45) is 5.92 Å². The fourth-order valence-electron chi connectivity index (χ4n) is 2.35. The molecule has 1 aliphatic carbocycles. The van der Waals surface area contributed by atoms with Crippen molar-refractivity contribution < 1.29 is 4.74 Å². The number of hydrogen-bond donors (Lipinski definition) is 0. The van der Waals surface area contributed by atoms with Crippen LogP contribution >= 0.6 is 0 Å². The van der Waals surface area contributed by atoms with Crippen molar-refractivity contribution in [2.75, 3.05) is 7.11 Å². The molecule has 0 bridgehead atoms. The second-order valence-electron chi connectivity index (χ2n) is 3.93. The summed E-state index contributed by atoms with van der Waals surface area (Å²) in [7, 11) is 1.80. The van der Waals surface area contributed by atoms with Gasteiger partial charge in [0.25, 0.3) is 0 Å². The Morgan fingerprint density at radius 3 is 2.31 bits per heavy atom. The third-order valence-electron chi connectivity index (χ3n) is 3.31. The quantitative estimate of drug-likeness (QED) is 0.638. The van der Waals surface area contributed by atoms with Crippen molar-refractivity contribution >= 4 is 0 Å². The lowest BCUT2D eigenvalue weighted by molar-refractivity contribution is 0.0631. The van der Waals surface area contributed by atoms with E-state index in [1.807, 2.05) is 0 Å². The van der Waals surface area contributed by atoms with Crippen LogP contribution in [0, 0.1) is 5.92 Å². The lowest BCUT2D eigenvalue weighted by Crippen LogP contribution is -2.07. The van der Waals surface area contributed by atoms with Gasteiger partial charge in [0.2, 0.25) is 0 Å². The average molecular weight is 176 g/mol. The van der Waals surface area contributed by atoms with Crippen LogP contribution in [0.25, 0.3) is 0 Å². The first-order chi connectivity index (χ1) is 6.25. The van der Waals surface area contributed by atoms with Gasteiger partial charge in [0.15, 0.2) is 0 Å². The van der Waals surface area contributed by atoms with E-state index in [4.69, 9.17) is 4.74 Å². The lowest BCUT2D eigenvalue weighted by atomic mass is 9.96. The van der Waals surface area contributed by atoms with Gasteiger partial charge in [0.05, 0.1) is 6.10 Å². The molecule has 0 spiro atoms. The molecule has 0 fully saturated rings. The highest BCUT2D eigenvalue weighted by molar-refractivity contribution is 5.37. The topological polar surface area (TPSA) is 9.23 Å². The molecule has 0 heterocycles. The maximum atomic E-state index is 5.52. The van der Waals surface area contributed by atoms with Crippen LogP contribution in [0.2, 0.25) is 0 Å². The van der Waals surface area contributed by atoms with Gasteiger partial charge in [-0.05, 0) is 23.0 Å². The zero-order valence-electron chi connectivity index (χ0n) is 8.45. The molecule has 1 aromatic rings. The van der Waals surface area contributed by atoms with Crippen LogP contribution in [0.3, 0.4) is 0 Å². The highest BCUT2D eigenvalue weighted by atomic mass is 16.5. The van der Waals surface area contributed by atoms with Crippen LogP contribution in [0.5, 0.6) is 0 Å². The minimum atomic E-state index is 0.297. The van der Waals surface area contributed by atoms with E-state index in [0.29, 0.717) is 17.9 Å². The molecule has 0 aliphatic heterocycles. The second-order valence-corrected chi connectivity index (χ2v) is 3.93. The van der Waals surface area contributed by atoms with Gasteiger partial charge in [-0.3, -0.25) is 0 Å². The average Bonchev–Trinajstić information content (AvgIpc) is 2.41. The molecule has 13 heavy (non-hydrogen) atoms. The summed E-state index contributed by atoms with van der Waals surface area (Å²) in [5.41, 5.74) is 2.84. The minimum absolute atomic E-state index is 0.297. The van der Waals surface area contributed by atoms with Crippen LogP contribution < -0.4 is 0 Å². The van der Waals surface area contributed by atoms with Crippen LogP contribution in [-0.2, 0) is 4.74 Å². The van der Waals surface area contributed by atoms with Gasteiger partial charge >= 0.3 is 0 Å². The van der Waals surface area contributed by atoms with Gasteiger partial charge in [0.1, 0.15) is 0 Å². The molecule has 2 unspecified atom stereocenters. The predicted octanol–water partition coefficient (Wildman–Crippen LogP) is 3.13. The van der Waals surface area contributed by atoms with E-state index in [1.54, 1.807) is 7.11 Å². The zero-order valence-corrected chi connectivity index (χ0v) is 8.45. The standard InChI is InChI=1S/C12H16O/c1-8-9(2)12(13-3)11-7-5-4-6-10(8)11/h4-9,12H,1-3H3/t8?,9-,12?/m0/s1. The van der Waals surface area contributed by atoms with E-state index in [9.17, 15) is 0 Å². The van der Waals surface area contributed by atoms with Crippen molar-refractivity contribution in [3.63, 3.8) is 0 Å². The summed E-state index contributed by atoms with van der Waals surface area (Å²) in [6.07, 6.45) is 0.297. The fourth-order valence-corrected chi connectivity index (χ4v) is 2.35. The lowest BCUT2D eigenvalue weighted by Gasteiger charge is -2.16. The largest absolute Gasteiger partial charge is 0.376 e. The van der Waals surface area contributed by atoms with Gasteiger partial charge in [-0.1, -0.05) is 38.1 Å².